The van der Waals surface area contributed by atoms with Gasteiger partial charge in [-0.05, 0) is 94.0 Å². The second-order valence-corrected chi connectivity index (χ2v) is 10.3. The lowest BCUT2D eigenvalue weighted by molar-refractivity contribution is 0.0273. The molecule has 0 spiro atoms. The molecule has 1 aliphatic rings. The minimum atomic E-state index is -0.552. The number of benzene rings is 1. The van der Waals surface area contributed by atoms with Crippen molar-refractivity contribution in [2.45, 2.75) is 53.1 Å². The zero-order valence-corrected chi connectivity index (χ0v) is 22.0. The molecule has 190 valence electrons. The van der Waals surface area contributed by atoms with Crippen LogP contribution in [0, 0.1) is 13.8 Å². The molecule has 4 rings (SSSR count). The maximum absolute atomic E-state index is 12.7. The van der Waals surface area contributed by atoms with E-state index in [1.165, 1.54) is 0 Å². The summed E-state index contributed by atoms with van der Waals surface area (Å²) in [6.45, 7) is 10.7. The van der Waals surface area contributed by atoms with Crippen LogP contribution in [0.4, 0.5) is 4.79 Å². The summed E-state index contributed by atoms with van der Waals surface area (Å²) in [7, 11) is 1.67. The molecule has 3 aromatic rings. The fraction of sp³-hybridized carbons (Fsp3) is 0.414. The molecule has 0 atom stereocenters. The van der Waals surface area contributed by atoms with Crippen molar-refractivity contribution < 1.29 is 19.4 Å². The first-order valence-electron chi connectivity index (χ1n) is 12.3. The molecular formula is C29H35N3O4. The van der Waals surface area contributed by atoms with Crippen LogP contribution >= 0.6 is 0 Å². The van der Waals surface area contributed by atoms with Crippen molar-refractivity contribution in [3.8, 4) is 17.0 Å². The third kappa shape index (κ3) is 5.51. The maximum Gasteiger partial charge on any atom is 0.410 e. The Kier molecular flexibility index (Phi) is 7.31. The summed E-state index contributed by atoms with van der Waals surface area (Å²) in [5.41, 5.74) is 6.65. The highest BCUT2D eigenvalue weighted by Crippen LogP contribution is 2.35. The molecule has 0 bridgehead atoms. The van der Waals surface area contributed by atoms with E-state index in [0.717, 1.165) is 56.8 Å². The number of fused-ring (bicyclic) bond motifs is 1. The Balaban J connectivity index is 1.76. The lowest BCUT2D eigenvalue weighted by Gasteiger charge is -2.30. The van der Waals surface area contributed by atoms with Gasteiger partial charge in [0.15, 0.2) is 5.65 Å². The van der Waals surface area contributed by atoms with Crippen molar-refractivity contribution in [3.05, 3.63) is 58.8 Å². The lowest BCUT2D eigenvalue weighted by atomic mass is 9.99. The van der Waals surface area contributed by atoms with E-state index in [0.29, 0.717) is 25.2 Å². The number of carbonyl (C=O) groups is 1. The van der Waals surface area contributed by atoms with Crippen molar-refractivity contribution in [2.24, 2.45) is 0 Å². The third-order valence-corrected chi connectivity index (χ3v) is 6.19. The average Bonchev–Trinajstić information content (AvgIpc) is 2.82. The number of aliphatic hydroxyl groups is 1. The van der Waals surface area contributed by atoms with Crippen LogP contribution in [-0.4, -0.2) is 58.5 Å². The summed E-state index contributed by atoms with van der Waals surface area (Å²) in [4.78, 5) is 24.3. The van der Waals surface area contributed by atoms with Gasteiger partial charge in [0, 0.05) is 24.1 Å². The summed E-state index contributed by atoms with van der Waals surface area (Å²) in [5, 5.41) is 10.6. The zero-order chi connectivity index (χ0) is 26.0. The lowest BCUT2D eigenvalue weighted by Crippen LogP contribution is -2.39. The van der Waals surface area contributed by atoms with E-state index in [1.807, 2.05) is 52.0 Å². The molecule has 7 heteroatoms. The molecule has 7 nitrogen and oxygen atoms in total. The Hall–Kier alpha value is -3.45. The number of amides is 1. The van der Waals surface area contributed by atoms with Crippen LogP contribution in [0.1, 0.15) is 49.6 Å². The van der Waals surface area contributed by atoms with Crippen molar-refractivity contribution in [1.29, 1.82) is 0 Å². The molecule has 2 aromatic heterocycles. The molecule has 1 aromatic carbocycles. The summed E-state index contributed by atoms with van der Waals surface area (Å²) in [6.07, 6.45) is 3.00. The molecule has 0 radical (unpaired) electrons. The molecule has 1 aliphatic heterocycles. The quantitative estimate of drug-likeness (QED) is 0.511. The van der Waals surface area contributed by atoms with Crippen molar-refractivity contribution >= 4 is 22.7 Å². The number of hydrogen-bond acceptors (Lipinski definition) is 6. The van der Waals surface area contributed by atoms with Crippen molar-refractivity contribution in [2.75, 3.05) is 26.8 Å². The van der Waals surface area contributed by atoms with Crippen LogP contribution in [0.3, 0.4) is 0 Å². The minimum absolute atomic E-state index is 0.0221. The normalized spacial score (nSPS) is 14.1. The number of aliphatic hydroxyl groups excluding tert-OH is 1. The highest BCUT2D eigenvalue weighted by atomic mass is 16.6. The fourth-order valence-electron chi connectivity index (χ4n) is 4.63. The van der Waals surface area contributed by atoms with Crippen molar-refractivity contribution in [3.63, 3.8) is 0 Å². The highest BCUT2D eigenvalue weighted by Gasteiger charge is 2.25. The van der Waals surface area contributed by atoms with Crippen LogP contribution in [0.15, 0.2) is 36.4 Å². The molecule has 0 saturated carbocycles. The van der Waals surface area contributed by atoms with Crippen LogP contribution in [0.2, 0.25) is 0 Å². The topological polar surface area (TPSA) is 84.8 Å². The number of aromatic nitrogens is 2. The Morgan fingerprint density at radius 1 is 1.11 bits per heavy atom. The number of rotatable bonds is 5. The van der Waals surface area contributed by atoms with Gasteiger partial charge in [-0.15, -0.1) is 0 Å². The van der Waals surface area contributed by atoms with E-state index in [2.05, 4.69) is 19.1 Å². The molecule has 0 fully saturated rings. The second kappa shape index (κ2) is 10.3. The van der Waals surface area contributed by atoms with Gasteiger partial charge < -0.3 is 19.5 Å². The van der Waals surface area contributed by atoms with Gasteiger partial charge in [0.25, 0.3) is 0 Å². The van der Waals surface area contributed by atoms with E-state index in [-0.39, 0.29) is 12.7 Å². The third-order valence-electron chi connectivity index (χ3n) is 6.19. The first-order chi connectivity index (χ1) is 17.1. The molecule has 0 unspecified atom stereocenters. The number of aryl methyl sites for hydroxylation is 2. The first kappa shape index (κ1) is 25.6. The Morgan fingerprint density at radius 3 is 2.56 bits per heavy atom. The monoisotopic (exact) mass is 489 g/mol. The fourth-order valence-corrected chi connectivity index (χ4v) is 4.63. The smallest absolute Gasteiger partial charge is 0.410 e. The highest BCUT2D eigenvalue weighted by molar-refractivity contribution is 5.86. The number of ether oxygens (including phenoxy) is 2. The van der Waals surface area contributed by atoms with Gasteiger partial charge >= 0.3 is 6.09 Å². The van der Waals surface area contributed by atoms with Crippen molar-refractivity contribution in [1.82, 2.24) is 14.9 Å². The molecule has 1 N–H and O–H groups in total. The number of hydrogen-bond donors (Lipinski definition) is 1. The Morgan fingerprint density at radius 2 is 1.86 bits per heavy atom. The first-order valence-corrected chi connectivity index (χ1v) is 12.3. The summed E-state index contributed by atoms with van der Waals surface area (Å²) >= 11 is 0. The number of nitrogens with zero attached hydrogens (tertiary/aromatic N) is 3. The van der Waals surface area contributed by atoms with E-state index in [4.69, 9.17) is 19.4 Å². The molecule has 36 heavy (non-hydrogen) atoms. The molecule has 0 aliphatic carbocycles. The van der Waals surface area contributed by atoms with Gasteiger partial charge in [-0.3, -0.25) is 0 Å². The molecular weight excluding hydrogens is 454 g/mol. The number of pyridine rings is 2. The van der Waals surface area contributed by atoms with Gasteiger partial charge in [0.1, 0.15) is 11.4 Å². The van der Waals surface area contributed by atoms with Gasteiger partial charge in [0.2, 0.25) is 0 Å². The average molecular weight is 490 g/mol. The standard InChI is InChI=1S/C29H35N3O4/c1-18-14-19(2)26(25(15-18)35-6)23-10-9-22-20(11-13-33)16-24(31-27(22)30-23)21-8-7-12-32(17-21)28(34)36-29(3,4)5/h8-10,14-16,33H,7,11-13,17H2,1-6H3. The predicted octanol–water partition coefficient (Wildman–Crippen LogP) is 5.48. The minimum Gasteiger partial charge on any atom is -0.496 e. The summed E-state index contributed by atoms with van der Waals surface area (Å²) in [6, 6.07) is 10.1. The van der Waals surface area contributed by atoms with E-state index in [1.54, 1.807) is 12.0 Å². The second-order valence-electron chi connectivity index (χ2n) is 10.3. The Labute approximate surface area is 212 Å². The van der Waals surface area contributed by atoms with Gasteiger partial charge in [-0.2, -0.15) is 0 Å². The van der Waals surface area contributed by atoms with Gasteiger partial charge in [-0.25, -0.2) is 14.8 Å². The van der Waals surface area contributed by atoms with Crippen LogP contribution in [0.5, 0.6) is 5.75 Å². The van der Waals surface area contributed by atoms with Crippen LogP contribution in [-0.2, 0) is 11.2 Å². The zero-order valence-electron chi connectivity index (χ0n) is 22.0. The molecule has 3 heterocycles. The molecule has 1 amide bonds. The number of carbonyl (C=O) groups excluding carboxylic acids is 1. The molecule has 0 saturated heterocycles. The summed E-state index contributed by atoms with van der Waals surface area (Å²) < 4.78 is 11.3. The van der Waals surface area contributed by atoms with E-state index >= 15 is 0 Å². The van der Waals surface area contributed by atoms with Crippen LogP contribution in [0.25, 0.3) is 27.9 Å². The number of methoxy groups -OCH3 is 1. The van der Waals surface area contributed by atoms with Gasteiger partial charge in [0.05, 0.1) is 25.0 Å². The van der Waals surface area contributed by atoms with E-state index < -0.39 is 5.60 Å². The largest absolute Gasteiger partial charge is 0.496 e. The Bertz CT molecular complexity index is 1320. The van der Waals surface area contributed by atoms with Crippen LogP contribution < -0.4 is 4.74 Å². The summed E-state index contributed by atoms with van der Waals surface area (Å²) in [5.74, 6) is 0.772. The predicted molar refractivity (Wildman–Crippen MR) is 142 cm³/mol. The SMILES string of the molecule is COc1cc(C)cc(C)c1-c1ccc2c(CCO)cc(C3=CCCN(C(=O)OC(C)(C)C)C3)nc2n1. The maximum atomic E-state index is 12.7. The van der Waals surface area contributed by atoms with E-state index in [9.17, 15) is 9.90 Å². The van der Waals surface area contributed by atoms with Gasteiger partial charge in [-0.1, -0.05) is 12.1 Å².